The molecule has 0 aromatic rings. The third kappa shape index (κ3) is 38.8. The Kier molecular flexibility index (Phi) is 49.5. The molecule has 2 heterocycles. The fraction of sp³-hybridized carbons (Fsp3) is 0.625. The summed E-state index contributed by atoms with van der Waals surface area (Å²) in [4.78, 5) is 13.3. The quantitative estimate of drug-likeness (QED) is 0.0204. The van der Waals surface area contributed by atoms with Gasteiger partial charge in [0.2, 0.25) is 5.91 Å². The Hall–Kier alpha value is -4.39. The van der Waals surface area contributed by atoms with Crippen LogP contribution < -0.4 is 5.32 Å². The molecule has 86 heavy (non-hydrogen) atoms. The molecule has 2 saturated heterocycles. The maximum atomic E-state index is 13.3. The lowest BCUT2D eigenvalue weighted by Crippen LogP contribution is -2.65. The second kappa shape index (κ2) is 54.7. The van der Waals surface area contributed by atoms with E-state index in [1.54, 1.807) is 6.08 Å². The largest absolute Gasteiger partial charge is 0.394 e. The Balaban J connectivity index is 1.65. The van der Waals surface area contributed by atoms with Crippen molar-refractivity contribution >= 4 is 5.91 Å². The zero-order valence-corrected chi connectivity index (χ0v) is 52.5. The van der Waals surface area contributed by atoms with Gasteiger partial charge < -0.3 is 65.1 Å². The van der Waals surface area contributed by atoms with E-state index in [1.807, 2.05) is 6.08 Å². The van der Waals surface area contributed by atoms with Gasteiger partial charge in [0.1, 0.15) is 48.8 Å². The summed E-state index contributed by atoms with van der Waals surface area (Å²) in [5, 5.41) is 87.0. The summed E-state index contributed by atoms with van der Waals surface area (Å²) < 4.78 is 22.7. The summed E-state index contributed by atoms with van der Waals surface area (Å²) in [5.74, 6) is -0.271. The van der Waals surface area contributed by atoms with Gasteiger partial charge in [-0.15, -0.1) is 0 Å². The summed E-state index contributed by atoms with van der Waals surface area (Å²) in [6.45, 7) is 2.59. The van der Waals surface area contributed by atoms with E-state index in [9.17, 15) is 45.6 Å². The molecule has 14 nitrogen and oxygen atoms in total. The molecule has 0 aromatic carbocycles. The Bertz CT molecular complexity index is 2050. The number of carbonyl (C=O) groups excluding carboxylic acids is 1. The smallest absolute Gasteiger partial charge is 0.220 e. The standard InChI is InChI=1S/C72H115NO13/c1-3-5-7-9-11-13-15-17-18-19-20-21-22-23-24-25-26-27-28-29-30-31-32-33-34-35-36-37-38-39-40-41-42-44-46-48-50-52-54-56-64(77)73-60(61(76)55-53-51-49-47-45-43-16-14-12-10-8-6-4-2)59-83-71-69(82)67(80)70(63(58-75)85-71)86-72-68(81)66(79)65(78)62(57-74)84-72/h5,7,11-14,17-18,20-21,23-24,26-27,29-30,32-33,35-36,38-39,45,47,53,55,60-63,65-72,74-76,78-82H,3-4,6,8-10,15-16,19,22,25,28,31,34,37,40-44,46,48-52,54,56-59H2,1-2H3,(H,73,77)/b7-5-,13-11-,14-12+,18-17-,21-20-,24-23-,27-26-,30-29-,33-32-,36-35-,39-38-,47-45+,55-53+. The SMILES string of the molecule is CC/C=C\C/C=C\C/C=C\C/C=C\C/C=C\C/C=C\C/C=C\C/C=C\C/C=C\C/C=C\CCCCCCCCCCC(=O)NC(COC1OC(CO)C(OC2OC(CO)C(O)C(O)C2O)C(O)C1O)C(O)/C=C/CC/C=C/CC/C=C/CCCCC. The van der Waals surface area contributed by atoms with E-state index in [1.165, 1.54) is 38.5 Å². The van der Waals surface area contributed by atoms with E-state index in [4.69, 9.17) is 18.9 Å². The average molecular weight is 1200 g/mol. The van der Waals surface area contributed by atoms with Crippen molar-refractivity contribution in [1.29, 1.82) is 0 Å². The molecule has 2 fully saturated rings. The molecule has 0 radical (unpaired) electrons. The number of hydrogen-bond acceptors (Lipinski definition) is 13. The van der Waals surface area contributed by atoms with Crippen LogP contribution in [0.25, 0.3) is 0 Å². The summed E-state index contributed by atoms with van der Waals surface area (Å²) in [7, 11) is 0. The van der Waals surface area contributed by atoms with Crippen LogP contribution in [-0.2, 0) is 23.7 Å². The van der Waals surface area contributed by atoms with Gasteiger partial charge in [-0.05, 0) is 122 Å². The fourth-order valence-corrected chi connectivity index (χ4v) is 9.47. The van der Waals surface area contributed by atoms with E-state index < -0.39 is 86.8 Å². The summed E-state index contributed by atoms with van der Waals surface area (Å²) in [6.07, 6.45) is 67.3. The Morgan fingerprint density at radius 1 is 0.430 bits per heavy atom. The van der Waals surface area contributed by atoms with Crippen molar-refractivity contribution in [3.05, 3.63) is 158 Å². The third-order valence-electron chi connectivity index (χ3n) is 14.7. The number of ether oxygens (including phenoxy) is 4. The Morgan fingerprint density at radius 2 is 0.814 bits per heavy atom. The summed E-state index contributed by atoms with van der Waals surface area (Å²) in [6, 6.07) is -0.953. The molecule has 9 N–H and O–H groups in total. The zero-order chi connectivity index (χ0) is 62.3. The van der Waals surface area contributed by atoms with Gasteiger partial charge in [-0.3, -0.25) is 4.79 Å². The Morgan fingerprint density at radius 3 is 1.28 bits per heavy atom. The van der Waals surface area contributed by atoms with Crippen LogP contribution in [0.5, 0.6) is 0 Å². The first kappa shape index (κ1) is 77.7. The van der Waals surface area contributed by atoms with Crippen molar-refractivity contribution in [1.82, 2.24) is 5.32 Å². The van der Waals surface area contributed by atoms with Gasteiger partial charge in [-0.25, -0.2) is 0 Å². The summed E-state index contributed by atoms with van der Waals surface area (Å²) >= 11 is 0. The molecule has 0 aliphatic carbocycles. The van der Waals surface area contributed by atoms with Gasteiger partial charge in [-0.1, -0.05) is 223 Å². The predicted molar refractivity (Wildman–Crippen MR) is 350 cm³/mol. The molecule has 2 aliphatic heterocycles. The number of unbranched alkanes of at least 4 members (excludes halogenated alkanes) is 13. The number of aliphatic hydroxyl groups is 8. The normalized spacial score (nSPS) is 24.5. The minimum atomic E-state index is -1.80. The number of nitrogens with one attached hydrogen (secondary N) is 1. The molecule has 1 amide bonds. The lowest BCUT2D eigenvalue weighted by molar-refractivity contribution is -0.359. The van der Waals surface area contributed by atoms with Crippen molar-refractivity contribution in [2.45, 2.75) is 267 Å². The maximum Gasteiger partial charge on any atom is 0.220 e. The zero-order valence-electron chi connectivity index (χ0n) is 52.5. The number of hydrogen-bond donors (Lipinski definition) is 9. The number of carbonyl (C=O) groups is 1. The number of aliphatic hydroxyl groups excluding tert-OH is 8. The molecule has 486 valence electrons. The molecule has 0 spiro atoms. The first-order chi connectivity index (χ1) is 42.1. The minimum Gasteiger partial charge on any atom is -0.394 e. The highest BCUT2D eigenvalue weighted by molar-refractivity contribution is 5.76. The van der Waals surface area contributed by atoms with Crippen molar-refractivity contribution < 1.29 is 64.6 Å². The van der Waals surface area contributed by atoms with Crippen molar-refractivity contribution in [2.24, 2.45) is 0 Å². The highest BCUT2D eigenvalue weighted by Gasteiger charge is 2.51. The van der Waals surface area contributed by atoms with Crippen LogP contribution in [0.1, 0.15) is 194 Å². The van der Waals surface area contributed by atoms with Gasteiger partial charge in [0, 0.05) is 6.42 Å². The number of amides is 1. The van der Waals surface area contributed by atoms with Crippen molar-refractivity contribution in [2.75, 3.05) is 19.8 Å². The maximum absolute atomic E-state index is 13.3. The van der Waals surface area contributed by atoms with Crippen molar-refractivity contribution in [3.8, 4) is 0 Å². The van der Waals surface area contributed by atoms with E-state index in [2.05, 4.69) is 165 Å². The highest BCUT2D eigenvalue weighted by Crippen LogP contribution is 2.30. The third-order valence-corrected chi connectivity index (χ3v) is 14.7. The van der Waals surface area contributed by atoms with Crippen LogP contribution in [0, 0.1) is 0 Å². The van der Waals surface area contributed by atoms with E-state index in [0.717, 1.165) is 122 Å². The van der Waals surface area contributed by atoms with Gasteiger partial charge in [-0.2, -0.15) is 0 Å². The molecule has 12 unspecified atom stereocenters. The van der Waals surface area contributed by atoms with E-state index in [-0.39, 0.29) is 18.9 Å². The Labute approximate surface area is 518 Å². The topological polar surface area (TPSA) is 228 Å². The summed E-state index contributed by atoms with van der Waals surface area (Å²) in [5.41, 5.74) is 0. The van der Waals surface area contributed by atoms with E-state index >= 15 is 0 Å². The van der Waals surface area contributed by atoms with E-state index in [0.29, 0.717) is 12.8 Å². The lowest BCUT2D eigenvalue weighted by atomic mass is 9.97. The molecule has 0 aromatic heterocycles. The average Bonchev–Trinajstić information content (AvgIpc) is 2.76. The molecule has 0 bridgehead atoms. The van der Waals surface area contributed by atoms with Gasteiger partial charge in [0.05, 0.1) is 32.0 Å². The molecular weight excluding hydrogens is 1090 g/mol. The molecular formula is C72H115NO13. The number of allylic oxidation sites excluding steroid dienone is 25. The van der Waals surface area contributed by atoms with Gasteiger partial charge >= 0.3 is 0 Å². The predicted octanol–water partition coefficient (Wildman–Crippen LogP) is 12.7. The molecule has 2 aliphatic rings. The van der Waals surface area contributed by atoms with Crippen LogP contribution in [0.2, 0.25) is 0 Å². The first-order valence-corrected chi connectivity index (χ1v) is 32.7. The van der Waals surface area contributed by atoms with Crippen LogP contribution in [0.15, 0.2) is 158 Å². The first-order valence-electron chi connectivity index (χ1n) is 32.7. The molecule has 2 rings (SSSR count). The number of rotatable bonds is 50. The van der Waals surface area contributed by atoms with Crippen LogP contribution in [-0.4, -0.2) is 140 Å². The molecule has 12 atom stereocenters. The second-order valence-corrected chi connectivity index (χ2v) is 22.1. The molecule has 0 saturated carbocycles. The lowest BCUT2D eigenvalue weighted by Gasteiger charge is -2.46. The monoisotopic (exact) mass is 1200 g/mol. The van der Waals surface area contributed by atoms with Gasteiger partial charge in [0.15, 0.2) is 12.6 Å². The van der Waals surface area contributed by atoms with Gasteiger partial charge in [0.25, 0.3) is 0 Å². The minimum absolute atomic E-state index is 0.249. The second-order valence-electron chi connectivity index (χ2n) is 22.1. The highest BCUT2D eigenvalue weighted by atomic mass is 16.7. The van der Waals surface area contributed by atoms with Crippen LogP contribution in [0.3, 0.4) is 0 Å². The fourth-order valence-electron chi connectivity index (χ4n) is 9.47. The van der Waals surface area contributed by atoms with Crippen LogP contribution in [0.4, 0.5) is 0 Å². The van der Waals surface area contributed by atoms with Crippen molar-refractivity contribution in [3.63, 3.8) is 0 Å². The molecule has 14 heteroatoms. The van der Waals surface area contributed by atoms with Crippen LogP contribution >= 0.6 is 0 Å².